The van der Waals surface area contributed by atoms with Crippen LogP contribution in [0.5, 0.6) is 0 Å². The van der Waals surface area contributed by atoms with Crippen LogP contribution in [0, 0.1) is 18.3 Å². The largest absolute Gasteiger partial charge is 0.433 e. The Morgan fingerprint density at radius 1 is 1.33 bits per heavy atom. The summed E-state index contributed by atoms with van der Waals surface area (Å²) in [5.41, 5.74) is -0.776. The van der Waals surface area contributed by atoms with Crippen molar-refractivity contribution in [3.63, 3.8) is 0 Å². The molecule has 1 atom stereocenters. The van der Waals surface area contributed by atoms with E-state index in [4.69, 9.17) is 5.26 Å². The number of rotatable bonds is 4. The quantitative estimate of drug-likeness (QED) is 0.669. The Balaban J connectivity index is 0.00000256. The number of aromatic amines is 1. The maximum absolute atomic E-state index is 13.0. The number of aryl methyl sites for hydroxylation is 1. The van der Waals surface area contributed by atoms with Crippen LogP contribution < -0.4 is 10.9 Å². The van der Waals surface area contributed by atoms with E-state index in [-0.39, 0.29) is 37.3 Å². The highest BCUT2D eigenvalue weighted by Crippen LogP contribution is 2.29. The Morgan fingerprint density at radius 3 is 2.60 bits per heavy atom. The summed E-state index contributed by atoms with van der Waals surface area (Å²) in [6, 6.07) is 3.19. The second-order valence-electron chi connectivity index (χ2n) is 6.57. The van der Waals surface area contributed by atoms with Gasteiger partial charge in [0.1, 0.15) is 11.8 Å². The minimum Gasteiger partial charge on any atom is -0.349 e. The summed E-state index contributed by atoms with van der Waals surface area (Å²) in [4.78, 5) is 38.5. The summed E-state index contributed by atoms with van der Waals surface area (Å²) in [5.74, 6) is -0.534. The van der Waals surface area contributed by atoms with Crippen molar-refractivity contribution in [2.75, 3.05) is 0 Å². The fourth-order valence-corrected chi connectivity index (χ4v) is 2.88. The smallest absolute Gasteiger partial charge is 0.349 e. The molecule has 3 rings (SSSR count). The van der Waals surface area contributed by atoms with Crippen molar-refractivity contribution >= 4 is 16.9 Å². The van der Waals surface area contributed by atoms with Crippen molar-refractivity contribution in [1.29, 1.82) is 5.26 Å². The van der Waals surface area contributed by atoms with Crippen LogP contribution in [0.2, 0.25) is 0 Å². The van der Waals surface area contributed by atoms with E-state index < -0.39 is 29.4 Å². The average Bonchev–Trinajstić information content (AvgIpc) is 2.70. The van der Waals surface area contributed by atoms with Gasteiger partial charge in [0, 0.05) is 26.4 Å². The number of amides is 1. The molecule has 0 aliphatic carbocycles. The molecule has 0 saturated carbocycles. The van der Waals surface area contributed by atoms with Crippen molar-refractivity contribution in [2.24, 2.45) is 0 Å². The molecule has 3 heterocycles. The van der Waals surface area contributed by atoms with E-state index in [1.807, 2.05) is 0 Å². The number of alkyl halides is 3. The molecule has 0 radical (unpaired) electrons. The molecule has 0 aromatic carbocycles. The molecular weight excluding hydrogens is 401 g/mol. The summed E-state index contributed by atoms with van der Waals surface area (Å²) in [5, 5.41) is 11.4. The monoisotopic (exact) mass is 420 g/mol. The van der Waals surface area contributed by atoms with E-state index in [9.17, 15) is 22.8 Å². The number of aromatic nitrogens is 4. The van der Waals surface area contributed by atoms with Gasteiger partial charge in [-0.1, -0.05) is 0 Å². The Kier molecular flexibility index (Phi) is 5.51. The zero-order valence-electron chi connectivity index (χ0n) is 15.8. The van der Waals surface area contributed by atoms with E-state index in [2.05, 4.69) is 25.3 Å². The molecule has 8 nitrogen and oxygen atoms in total. The van der Waals surface area contributed by atoms with Gasteiger partial charge in [-0.3, -0.25) is 9.59 Å². The zero-order valence-corrected chi connectivity index (χ0v) is 15.8. The van der Waals surface area contributed by atoms with Crippen molar-refractivity contribution in [1.82, 2.24) is 25.3 Å². The molecule has 30 heavy (non-hydrogen) atoms. The average molecular weight is 420 g/mol. The normalized spacial score (nSPS) is 12.4. The minimum absolute atomic E-state index is 0. The highest BCUT2D eigenvalue weighted by atomic mass is 19.4. The van der Waals surface area contributed by atoms with Gasteiger partial charge in [-0.25, -0.2) is 15.0 Å². The Hall–Kier alpha value is -3.81. The van der Waals surface area contributed by atoms with Crippen molar-refractivity contribution in [3.05, 3.63) is 63.1 Å². The third-order valence-corrected chi connectivity index (χ3v) is 4.50. The predicted octanol–water partition coefficient (Wildman–Crippen LogP) is 2.82. The van der Waals surface area contributed by atoms with Gasteiger partial charge in [0.2, 0.25) is 11.7 Å². The first-order chi connectivity index (χ1) is 14.1. The lowest BCUT2D eigenvalue weighted by molar-refractivity contribution is -0.141. The summed E-state index contributed by atoms with van der Waals surface area (Å²) in [6.45, 7) is 3.11. The third kappa shape index (κ3) is 4.27. The standard InChI is InChI=1S/C19H15F3N6O2.2H2/c1-9-12(5-16(29)26-10(2)11-7-24-15(6-23)25-8-11)18(30)27-13-3-4-14(19(20,21)22)28-17(9)13;;/h3-4,7-8,10H,5H2,1-2H3,(H,26,29)(H,27,30);2*1H/t10-;;/m0../s1. The maximum atomic E-state index is 13.0. The van der Waals surface area contributed by atoms with Crippen LogP contribution in [-0.4, -0.2) is 25.8 Å². The van der Waals surface area contributed by atoms with Gasteiger partial charge >= 0.3 is 6.18 Å². The van der Waals surface area contributed by atoms with Crippen LogP contribution in [0.4, 0.5) is 13.2 Å². The first-order valence-electron chi connectivity index (χ1n) is 8.71. The van der Waals surface area contributed by atoms with E-state index >= 15 is 0 Å². The number of fused-ring (bicyclic) bond motifs is 1. The number of hydrogen-bond acceptors (Lipinski definition) is 6. The second kappa shape index (κ2) is 7.90. The molecule has 3 aromatic rings. The van der Waals surface area contributed by atoms with E-state index in [1.54, 1.807) is 13.0 Å². The first-order valence-corrected chi connectivity index (χ1v) is 8.71. The highest BCUT2D eigenvalue weighted by molar-refractivity contribution is 5.83. The molecule has 0 aliphatic rings. The Labute approximate surface area is 170 Å². The van der Waals surface area contributed by atoms with Gasteiger partial charge < -0.3 is 10.3 Å². The van der Waals surface area contributed by atoms with Gasteiger partial charge in [0.05, 0.1) is 23.5 Å². The maximum Gasteiger partial charge on any atom is 0.433 e. The lowest BCUT2D eigenvalue weighted by atomic mass is 10.0. The number of carbonyl (C=O) groups excluding carboxylic acids is 1. The summed E-state index contributed by atoms with van der Waals surface area (Å²) < 4.78 is 38.9. The van der Waals surface area contributed by atoms with Crippen molar-refractivity contribution < 1.29 is 20.8 Å². The van der Waals surface area contributed by atoms with Gasteiger partial charge in [0.15, 0.2) is 0 Å². The van der Waals surface area contributed by atoms with Gasteiger partial charge in [-0.2, -0.15) is 18.4 Å². The van der Waals surface area contributed by atoms with Crippen LogP contribution in [0.3, 0.4) is 0 Å². The van der Waals surface area contributed by atoms with Crippen LogP contribution in [0.25, 0.3) is 11.0 Å². The molecular formula is C19H19F3N6O2. The van der Waals surface area contributed by atoms with Gasteiger partial charge in [-0.05, 0) is 31.5 Å². The number of nitriles is 1. The number of nitrogens with one attached hydrogen (secondary N) is 2. The fraction of sp³-hybridized carbons (Fsp3) is 0.263. The SMILES string of the molecule is Cc1c(CC(=O)N[C@@H](C)c2cnc(C#N)nc2)c(=O)[nH]c2ccc(C(F)(F)F)nc12.[HH].[HH]. The molecule has 158 valence electrons. The summed E-state index contributed by atoms with van der Waals surface area (Å²) >= 11 is 0. The molecule has 0 saturated heterocycles. The van der Waals surface area contributed by atoms with Crippen molar-refractivity contribution in [3.8, 4) is 6.07 Å². The molecule has 0 unspecified atom stereocenters. The van der Waals surface area contributed by atoms with E-state index in [0.29, 0.717) is 5.56 Å². The summed E-state index contributed by atoms with van der Waals surface area (Å²) in [6.07, 6.45) is -2.19. The molecule has 0 fully saturated rings. The zero-order chi connectivity index (χ0) is 22.1. The molecule has 2 N–H and O–H groups in total. The van der Waals surface area contributed by atoms with Crippen LogP contribution in [0.1, 0.15) is 44.0 Å². The molecule has 1 amide bonds. The molecule has 0 spiro atoms. The molecule has 0 bridgehead atoms. The number of H-pyrrole nitrogens is 1. The Bertz CT molecular complexity index is 1220. The topological polar surface area (TPSA) is 124 Å². The second-order valence-corrected chi connectivity index (χ2v) is 6.57. The van der Waals surface area contributed by atoms with Crippen LogP contribution >= 0.6 is 0 Å². The lowest BCUT2D eigenvalue weighted by Crippen LogP contribution is -2.31. The van der Waals surface area contributed by atoms with Crippen LogP contribution in [0.15, 0.2) is 29.3 Å². The fourth-order valence-electron chi connectivity index (χ4n) is 2.88. The van der Waals surface area contributed by atoms with Gasteiger partial charge in [-0.15, -0.1) is 0 Å². The van der Waals surface area contributed by atoms with Crippen LogP contribution in [-0.2, 0) is 17.4 Å². The predicted molar refractivity (Wildman–Crippen MR) is 103 cm³/mol. The number of carbonyl (C=O) groups is 1. The van der Waals surface area contributed by atoms with E-state index in [1.165, 1.54) is 19.3 Å². The first kappa shape index (κ1) is 20.9. The van der Waals surface area contributed by atoms with Crippen molar-refractivity contribution in [2.45, 2.75) is 32.5 Å². The minimum atomic E-state index is -4.63. The number of nitrogens with zero attached hydrogens (tertiary/aromatic N) is 4. The van der Waals surface area contributed by atoms with Gasteiger partial charge in [0.25, 0.3) is 5.56 Å². The molecule has 3 aromatic heterocycles. The number of pyridine rings is 2. The number of hydrogen-bond donors (Lipinski definition) is 2. The number of halogens is 3. The van der Waals surface area contributed by atoms with E-state index in [0.717, 1.165) is 12.1 Å². The third-order valence-electron chi connectivity index (χ3n) is 4.50. The highest BCUT2D eigenvalue weighted by Gasteiger charge is 2.32. The Morgan fingerprint density at radius 2 is 2.00 bits per heavy atom. The molecule has 11 heteroatoms. The summed E-state index contributed by atoms with van der Waals surface area (Å²) in [7, 11) is 0. The molecule has 0 aliphatic heterocycles. The lowest BCUT2D eigenvalue weighted by Gasteiger charge is -2.15.